The summed E-state index contributed by atoms with van der Waals surface area (Å²) in [5.41, 5.74) is -1.70. The highest BCUT2D eigenvalue weighted by Gasteiger charge is 2.26. The van der Waals surface area contributed by atoms with Crippen molar-refractivity contribution in [1.82, 2.24) is 15.0 Å². The van der Waals surface area contributed by atoms with Crippen LogP contribution in [0.3, 0.4) is 0 Å². The molecule has 0 aliphatic carbocycles. The van der Waals surface area contributed by atoms with Gasteiger partial charge < -0.3 is 9.47 Å². The highest BCUT2D eigenvalue weighted by atomic mass is 19.2. The fourth-order valence-electron chi connectivity index (χ4n) is 1.69. The van der Waals surface area contributed by atoms with Crippen molar-refractivity contribution in [2.45, 2.75) is 6.61 Å². The second-order valence-corrected chi connectivity index (χ2v) is 4.53. The zero-order valence-electron chi connectivity index (χ0n) is 12.8. The number of carbonyl (C=O) groups excluding carboxylic acids is 2. The molecule has 1 heterocycles. The van der Waals surface area contributed by atoms with Crippen molar-refractivity contribution in [3.8, 4) is 0 Å². The molecule has 0 aliphatic rings. The molecular formula is C14H8F5N3O4. The number of nitrogens with zero attached hydrogens (tertiary/aromatic N) is 3. The molecule has 0 saturated heterocycles. The Balaban J connectivity index is 2.20. The highest BCUT2D eigenvalue weighted by molar-refractivity contribution is 5.89. The molecule has 0 N–H and O–H groups in total. The van der Waals surface area contributed by atoms with Gasteiger partial charge in [-0.3, -0.25) is 0 Å². The normalized spacial score (nSPS) is 11.0. The van der Waals surface area contributed by atoms with Gasteiger partial charge in [0.2, 0.25) is 5.82 Å². The Kier molecular flexibility index (Phi) is 5.64. The molecule has 0 fully saturated rings. The van der Waals surface area contributed by atoms with Crippen molar-refractivity contribution in [1.29, 1.82) is 0 Å². The van der Waals surface area contributed by atoms with Gasteiger partial charge in [0.15, 0.2) is 29.0 Å². The number of rotatable bonds is 5. The van der Waals surface area contributed by atoms with Crippen LogP contribution < -0.4 is 0 Å². The summed E-state index contributed by atoms with van der Waals surface area (Å²) in [4.78, 5) is 22.9. The summed E-state index contributed by atoms with van der Waals surface area (Å²) in [6.07, 6.45) is 2.76. The van der Waals surface area contributed by atoms with Crippen molar-refractivity contribution in [3.63, 3.8) is 0 Å². The largest absolute Gasteiger partial charge is 0.466 e. The Hall–Kier alpha value is -3.31. The lowest BCUT2D eigenvalue weighted by Gasteiger charge is -2.09. The standard InChI is InChI=1S/C14H8F5N3O4/c1-25-8(23)2-3-22-7(4-20-21-22)14(24)26-5-6-9(15)11(17)13(19)12(18)10(6)16/h2-4H,5H2,1H3/b3-2-. The summed E-state index contributed by atoms with van der Waals surface area (Å²) in [5, 5.41) is 6.79. The smallest absolute Gasteiger partial charge is 0.359 e. The number of benzene rings is 1. The first kappa shape index (κ1) is 19.0. The van der Waals surface area contributed by atoms with Crippen LogP contribution in [0, 0.1) is 29.1 Å². The molecule has 0 unspecified atom stereocenters. The van der Waals surface area contributed by atoms with Gasteiger partial charge in [-0.25, -0.2) is 36.2 Å². The lowest BCUT2D eigenvalue weighted by atomic mass is 10.2. The van der Waals surface area contributed by atoms with Gasteiger partial charge in [-0.15, -0.1) is 5.10 Å². The van der Waals surface area contributed by atoms with Gasteiger partial charge in [0.05, 0.1) is 18.9 Å². The lowest BCUT2D eigenvalue weighted by molar-refractivity contribution is -0.134. The van der Waals surface area contributed by atoms with Gasteiger partial charge in [0.25, 0.3) is 0 Å². The molecule has 2 rings (SSSR count). The van der Waals surface area contributed by atoms with E-state index in [-0.39, 0.29) is 5.69 Å². The zero-order chi connectivity index (χ0) is 19.4. The Morgan fingerprint density at radius 1 is 1.08 bits per heavy atom. The summed E-state index contributed by atoms with van der Waals surface area (Å²) >= 11 is 0. The lowest BCUT2D eigenvalue weighted by Crippen LogP contribution is -2.14. The van der Waals surface area contributed by atoms with Crippen molar-refractivity contribution in [2.24, 2.45) is 0 Å². The molecule has 1 aromatic carbocycles. The molecule has 12 heteroatoms. The average molecular weight is 377 g/mol. The van der Waals surface area contributed by atoms with E-state index in [2.05, 4.69) is 19.8 Å². The molecule has 26 heavy (non-hydrogen) atoms. The molecular weight excluding hydrogens is 369 g/mol. The van der Waals surface area contributed by atoms with Crippen molar-refractivity contribution in [2.75, 3.05) is 7.11 Å². The highest BCUT2D eigenvalue weighted by Crippen LogP contribution is 2.23. The van der Waals surface area contributed by atoms with Crippen LogP contribution in [-0.2, 0) is 20.9 Å². The molecule has 2 aromatic rings. The van der Waals surface area contributed by atoms with E-state index in [1.54, 1.807) is 0 Å². The van der Waals surface area contributed by atoms with E-state index in [0.29, 0.717) is 0 Å². The van der Waals surface area contributed by atoms with Crippen LogP contribution >= 0.6 is 0 Å². The first-order valence-corrected chi connectivity index (χ1v) is 6.61. The molecule has 0 spiro atoms. The molecule has 0 aliphatic heterocycles. The van der Waals surface area contributed by atoms with E-state index in [0.717, 1.165) is 30.3 Å². The molecule has 0 bridgehead atoms. The average Bonchev–Trinajstić information content (AvgIpc) is 3.11. The third kappa shape index (κ3) is 3.68. The fraction of sp³-hybridized carbons (Fsp3) is 0.143. The van der Waals surface area contributed by atoms with E-state index in [1.807, 2.05) is 0 Å². The fourth-order valence-corrected chi connectivity index (χ4v) is 1.69. The van der Waals surface area contributed by atoms with Crippen LogP contribution in [0.25, 0.3) is 6.20 Å². The van der Waals surface area contributed by atoms with Gasteiger partial charge in [-0.05, 0) is 0 Å². The molecule has 0 saturated carbocycles. The van der Waals surface area contributed by atoms with Gasteiger partial charge in [0, 0.05) is 12.3 Å². The number of hydrogen-bond donors (Lipinski definition) is 0. The second kappa shape index (κ2) is 7.72. The Morgan fingerprint density at radius 3 is 2.23 bits per heavy atom. The van der Waals surface area contributed by atoms with E-state index < -0.39 is 53.2 Å². The molecule has 0 radical (unpaired) electrons. The predicted molar refractivity (Wildman–Crippen MR) is 72.7 cm³/mol. The Morgan fingerprint density at radius 2 is 1.65 bits per heavy atom. The maximum absolute atomic E-state index is 13.5. The Labute approximate surface area is 141 Å². The summed E-state index contributed by atoms with van der Waals surface area (Å²) < 4.78 is 75.8. The van der Waals surface area contributed by atoms with Crippen LogP contribution in [-0.4, -0.2) is 34.0 Å². The summed E-state index contributed by atoms with van der Waals surface area (Å²) in [5.74, 6) is -12.9. The number of carbonyl (C=O) groups is 2. The maximum Gasteiger partial charge on any atom is 0.359 e. The number of methoxy groups -OCH3 is 1. The number of ether oxygens (including phenoxy) is 2. The van der Waals surface area contributed by atoms with Crippen molar-refractivity contribution in [3.05, 3.63) is 52.6 Å². The predicted octanol–water partition coefficient (Wildman–Crippen LogP) is 1.97. The third-order valence-electron chi connectivity index (χ3n) is 2.99. The van der Waals surface area contributed by atoms with E-state index in [1.165, 1.54) is 0 Å². The minimum atomic E-state index is -2.33. The summed E-state index contributed by atoms with van der Waals surface area (Å²) in [6.45, 7) is -1.24. The number of aromatic nitrogens is 3. The van der Waals surface area contributed by atoms with E-state index >= 15 is 0 Å². The monoisotopic (exact) mass is 377 g/mol. The number of hydrogen-bond acceptors (Lipinski definition) is 6. The molecule has 138 valence electrons. The van der Waals surface area contributed by atoms with Crippen LogP contribution in [0.15, 0.2) is 12.3 Å². The minimum Gasteiger partial charge on any atom is -0.466 e. The van der Waals surface area contributed by atoms with Gasteiger partial charge in [0.1, 0.15) is 6.61 Å². The van der Waals surface area contributed by atoms with E-state index in [4.69, 9.17) is 0 Å². The van der Waals surface area contributed by atoms with Crippen LogP contribution in [0.5, 0.6) is 0 Å². The van der Waals surface area contributed by atoms with Gasteiger partial charge in [-0.2, -0.15) is 0 Å². The van der Waals surface area contributed by atoms with Crippen LogP contribution in [0.2, 0.25) is 0 Å². The zero-order valence-corrected chi connectivity index (χ0v) is 12.8. The van der Waals surface area contributed by atoms with Crippen molar-refractivity contribution >= 4 is 18.1 Å². The summed E-state index contributed by atoms with van der Waals surface area (Å²) in [6, 6.07) is 0. The van der Waals surface area contributed by atoms with Crippen LogP contribution in [0.4, 0.5) is 22.0 Å². The molecule has 1 aromatic heterocycles. The van der Waals surface area contributed by atoms with Crippen molar-refractivity contribution < 1.29 is 41.0 Å². The Bertz CT molecular complexity index is 868. The second-order valence-electron chi connectivity index (χ2n) is 4.53. The molecule has 0 amide bonds. The third-order valence-corrected chi connectivity index (χ3v) is 2.99. The quantitative estimate of drug-likeness (QED) is 0.261. The van der Waals surface area contributed by atoms with Gasteiger partial charge in [-0.1, -0.05) is 5.21 Å². The summed E-state index contributed by atoms with van der Waals surface area (Å²) in [7, 11) is 1.10. The van der Waals surface area contributed by atoms with Crippen LogP contribution in [0.1, 0.15) is 16.1 Å². The first-order chi connectivity index (χ1) is 12.3. The molecule has 7 nitrogen and oxygen atoms in total. The minimum absolute atomic E-state index is 0.381. The number of halogens is 5. The first-order valence-electron chi connectivity index (χ1n) is 6.61. The molecule has 0 atom stereocenters. The topological polar surface area (TPSA) is 83.3 Å². The van der Waals surface area contributed by atoms with E-state index in [9.17, 15) is 31.5 Å². The SMILES string of the molecule is COC(=O)/C=C\n1nncc1C(=O)OCc1c(F)c(F)c(F)c(F)c1F. The maximum atomic E-state index is 13.5. The van der Waals surface area contributed by atoms with Gasteiger partial charge >= 0.3 is 11.9 Å². The number of esters is 2.